The fraction of sp³-hybridized carbons (Fsp3) is 0.250. The molecule has 1 fully saturated rings. The summed E-state index contributed by atoms with van der Waals surface area (Å²) in [5.41, 5.74) is 1.57. The largest absolute Gasteiger partial charge is 0.347 e. The molecule has 6 heteroatoms. The van der Waals surface area contributed by atoms with Gasteiger partial charge in [-0.15, -0.1) is 0 Å². The second kappa shape index (κ2) is 6.92. The quantitative estimate of drug-likeness (QED) is 0.752. The maximum absolute atomic E-state index is 12.6. The number of hydrogen-bond donors (Lipinski definition) is 1. The Balaban J connectivity index is 1.56. The predicted octanol–water partition coefficient (Wildman–Crippen LogP) is 3.32. The zero-order valence-electron chi connectivity index (χ0n) is 14.1. The number of nitrogens with one attached hydrogen (secondary N) is 1. The lowest BCUT2D eigenvalue weighted by molar-refractivity contribution is -0.122. The molecule has 1 amide bonds. The molecule has 1 saturated carbocycles. The molecule has 0 saturated heterocycles. The average Bonchev–Trinajstić information content (AvgIpc) is 3.48. The van der Waals surface area contributed by atoms with Gasteiger partial charge in [-0.05, 0) is 48.6 Å². The molecule has 1 N–H and O–H groups in total. The van der Waals surface area contributed by atoms with Gasteiger partial charge in [0.1, 0.15) is 6.54 Å². The van der Waals surface area contributed by atoms with Gasteiger partial charge in [-0.3, -0.25) is 14.3 Å². The van der Waals surface area contributed by atoms with E-state index in [1.54, 1.807) is 22.9 Å². The first-order chi connectivity index (χ1) is 12.6. The molecule has 1 atom stereocenters. The number of halogens is 1. The molecule has 1 aliphatic rings. The van der Waals surface area contributed by atoms with Crippen LogP contribution in [-0.2, 0) is 11.3 Å². The number of nitrogens with zero attached hydrogens (tertiary/aromatic N) is 2. The maximum atomic E-state index is 12.6. The summed E-state index contributed by atoms with van der Waals surface area (Å²) < 4.78 is 1.57. The minimum atomic E-state index is -0.144. The zero-order chi connectivity index (χ0) is 18.1. The second-order valence-electron chi connectivity index (χ2n) is 6.62. The number of rotatable bonds is 5. The molecule has 0 aliphatic heterocycles. The van der Waals surface area contributed by atoms with Crippen LogP contribution < -0.4 is 10.7 Å². The van der Waals surface area contributed by atoms with Crippen LogP contribution in [-0.4, -0.2) is 15.7 Å². The average molecular weight is 368 g/mol. The van der Waals surface area contributed by atoms with Crippen LogP contribution in [0.4, 0.5) is 0 Å². The normalized spacial score (nSPS) is 15.0. The SMILES string of the molecule is O=C(Cn1ncc(=O)c2ccccc21)NC(c1ccc(Cl)cc1)C1CC1. The molecule has 1 aromatic heterocycles. The predicted molar refractivity (Wildman–Crippen MR) is 101 cm³/mol. The molecule has 1 aliphatic carbocycles. The van der Waals surface area contributed by atoms with Gasteiger partial charge >= 0.3 is 0 Å². The lowest BCUT2D eigenvalue weighted by atomic mass is 10.0. The Morgan fingerprint density at radius 1 is 1.19 bits per heavy atom. The monoisotopic (exact) mass is 367 g/mol. The van der Waals surface area contributed by atoms with Crippen LogP contribution in [0.25, 0.3) is 10.9 Å². The Labute approximate surface area is 155 Å². The lowest BCUT2D eigenvalue weighted by Gasteiger charge is -2.19. The summed E-state index contributed by atoms with van der Waals surface area (Å²) in [6, 6.07) is 14.8. The number of carbonyl (C=O) groups is 1. The highest BCUT2D eigenvalue weighted by Crippen LogP contribution is 2.41. The maximum Gasteiger partial charge on any atom is 0.242 e. The third-order valence-electron chi connectivity index (χ3n) is 4.69. The molecule has 1 unspecified atom stereocenters. The highest BCUT2D eigenvalue weighted by Gasteiger charge is 2.33. The minimum Gasteiger partial charge on any atom is -0.347 e. The van der Waals surface area contributed by atoms with Crippen LogP contribution >= 0.6 is 11.6 Å². The van der Waals surface area contributed by atoms with Crippen molar-refractivity contribution in [1.82, 2.24) is 15.1 Å². The van der Waals surface area contributed by atoms with Gasteiger partial charge in [-0.25, -0.2) is 0 Å². The Morgan fingerprint density at radius 3 is 2.65 bits per heavy atom. The molecule has 26 heavy (non-hydrogen) atoms. The Morgan fingerprint density at radius 2 is 1.92 bits per heavy atom. The Hall–Kier alpha value is -2.66. The second-order valence-corrected chi connectivity index (χ2v) is 7.05. The van der Waals surface area contributed by atoms with Crippen LogP contribution in [0.3, 0.4) is 0 Å². The van der Waals surface area contributed by atoms with Gasteiger partial charge in [0, 0.05) is 10.4 Å². The van der Waals surface area contributed by atoms with Crippen molar-refractivity contribution in [3.8, 4) is 0 Å². The molecule has 4 rings (SSSR count). The molecule has 1 heterocycles. The van der Waals surface area contributed by atoms with Gasteiger partial charge in [0.15, 0.2) is 0 Å². The van der Waals surface area contributed by atoms with Crippen molar-refractivity contribution in [1.29, 1.82) is 0 Å². The summed E-state index contributed by atoms with van der Waals surface area (Å²) in [4.78, 5) is 24.6. The van der Waals surface area contributed by atoms with E-state index in [2.05, 4.69) is 10.4 Å². The first-order valence-corrected chi connectivity index (χ1v) is 8.99. The van der Waals surface area contributed by atoms with E-state index in [9.17, 15) is 9.59 Å². The standard InChI is InChI=1S/C20H18ClN3O2/c21-15-9-7-14(8-10-15)20(13-5-6-13)23-19(26)12-24-17-4-2-1-3-16(17)18(25)11-22-24/h1-4,7-11,13,20H,5-6,12H2,(H,23,26). The summed E-state index contributed by atoms with van der Waals surface area (Å²) >= 11 is 5.97. The number of benzene rings is 2. The minimum absolute atomic E-state index is 0.0228. The van der Waals surface area contributed by atoms with E-state index in [4.69, 9.17) is 11.6 Å². The van der Waals surface area contributed by atoms with Gasteiger partial charge in [0.2, 0.25) is 11.3 Å². The highest BCUT2D eigenvalue weighted by molar-refractivity contribution is 6.30. The van der Waals surface area contributed by atoms with Crippen LogP contribution in [0.1, 0.15) is 24.4 Å². The molecular formula is C20H18ClN3O2. The van der Waals surface area contributed by atoms with E-state index in [1.807, 2.05) is 30.3 Å². The summed E-state index contributed by atoms with van der Waals surface area (Å²) in [7, 11) is 0. The number of aromatic nitrogens is 2. The van der Waals surface area contributed by atoms with E-state index in [0.29, 0.717) is 21.8 Å². The van der Waals surface area contributed by atoms with Gasteiger partial charge in [-0.1, -0.05) is 35.9 Å². The number of para-hydroxylation sites is 1. The van der Waals surface area contributed by atoms with E-state index >= 15 is 0 Å². The van der Waals surface area contributed by atoms with Gasteiger partial charge in [0.25, 0.3) is 0 Å². The van der Waals surface area contributed by atoms with E-state index in [1.165, 1.54) is 6.20 Å². The van der Waals surface area contributed by atoms with Crippen LogP contribution in [0, 0.1) is 5.92 Å². The Bertz CT molecular complexity index is 1010. The number of fused-ring (bicyclic) bond motifs is 1. The molecule has 0 radical (unpaired) electrons. The Kier molecular flexibility index (Phi) is 4.47. The first-order valence-electron chi connectivity index (χ1n) is 8.61. The van der Waals surface area contributed by atoms with Crippen molar-refractivity contribution in [2.45, 2.75) is 25.4 Å². The van der Waals surface area contributed by atoms with Crippen molar-refractivity contribution >= 4 is 28.4 Å². The van der Waals surface area contributed by atoms with Crippen LogP contribution in [0.15, 0.2) is 59.5 Å². The molecule has 3 aromatic rings. The fourth-order valence-electron chi connectivity index (χ4n) is 3.22. The number of hydrogen-bond acceptors (Lipinski definition) is 3. The highest BCUT2D eigenvalue weighted by atomic mass is 35.5. The number of carbonyl (C=O) groups excluding carboxylic acids is 1. The third kappa shape index (κ3) is 3.48. The first kappa shape index (κ1) is 16.8. The molecule has 132 valence electrons. The summed E-state index contributed by atoms with van der Waals surface area (Å²) in [6.45, 7) is 0.0671. The van der Waals surface area contributed by atoms with Crippen molar-refractivity contribution in [2.24, 2.45) is 5.92 Å². The van der Waals surface area contributed by atoms with E-state index < -0.39 is 0 Å². The zero-order valence-corrected chi connectivity index (χ0v) is 14.8. The van der Waals surface area contributed by atoms with Crippen LogP contribution in [0.5, 0.6) is 0 Å². The van der Waals surface area contributed by atoms with Crippen molar-refractivity contribution in [3.63, 3.8) is 0 Å². The molecule has 5 nitrogen and oxygen atoms in total. The van der Waals surface area contributed by atoms with Gasteiger partial charge < -0.3 is 5.32 Å². The number of amides is 1. The summed E-state index contributed by atoms with van der Waals surface area (Å²) in [5.74, 6) is 0.331. The topological polar surface area (TPSA) is 64.0 Å². The molecule has 0 spiro atoms. The van der Waals surface area contributed by atoms with Crippen molar-refractivity contribution in [2.75, 3.05) is 0 Å². The molecule has 0 bridgehead atoms. The van der Waals surface area contributed by atoms with Crippen molar-refractivity contribution < 1.29 is 4.79 Å². The summed E-state index contributed by atoms with van der Waals surface area (Å²) in [5, 5.41) is 8.49. The van der Waals surface area contributed by atoms with E-state index in [0.717, 1.165) is 18.4 Å². The van der Waals surface area contributed by atoms with Gasteiger partial charge in [0.05, 0.1) is 17.8 Å². The third-order valence-corrected chi connectivity index (χ3v) is 4.95. The fourth-order valence-corrected chi connectivity index (χ4v) is 3.34. The summed E-state index contributed by atoms with van der Waals surface area (Å²) in [6.07, 6.45) is 3.47. The molecule has 2 aromatic carbocycles. The lowest BCUT2D eigenvalue weighted by Crippen LogP contribution is -2.33. The van der Waals surface area contributed by atoms with Crippen molar-refractivity contribution in [3.05, 3.63) is 75.5 Å². The van der Waals surface area contributed by atoms with E-state index in [-0.39, 0.29) is 23.9 Å². The molecular weight excluding hydrogens is 350 g/mol. The smallest absolute Gasteiger partial charge is 0.242 e. The van der Waals surface area contributed by atoms with Gasteiger partial charge in [-0.2, -0.15) is 5.10 Å². The van der Waals surface area contributed by atoms with Crippen LogP contribution in [0.2, 0.25) is 5.02 Å².